The Morgan fingerprint density at radius 3 is 2.39 bits per heavy atom. The molecule has 3 aromatic carbocycles. The van der Waals surface area contributed by atoms with Gasteiger partial charge in [0.05, 0.1) is 5.56 Å². The van der Waals surface area contributed by atoms with Gasteiger partial charge in [0, 0.05) is 27.8 Å². The summed E-state index contributed by atoms with van der Waals surface area (Å²) in [6.45, 7) is 0. The third-order valence-electron chi connectivity index (χ3n) is 5.04. The molecule has 154 valence electrons. The van der Waals surface area contributed by atoms with Gasteiger partial charge in [0.2, 0.25) is 0 Å². The molecule has 0 aliphatic carbocycles. The number of tetrazole rings is 1. The molecule has 8 heteroatoms. The Bertz CT molecular complexity index is 1360. The highest BCUT2D eigenvalue weighted by atomic mass is 32.2. The number of alkyl halides is 3. The van der Waals surface area contributed by atoms with Crippen LogP contribution < -0.4 is 0 Å². The van der Waals surface area contributed by atoms with Crippen molar-refractivity contribution in [1.82, 2.24) is 20.0 Å². The Morgan fingerprint density at radius 2 is 1.65 bits per heavy atom. The van der Waals surface area contributed by atoms with Gasteiger partial charge in [-0.1, -0.05) is 48.5 Å². The van der Waals surface area contributed by atoms with Crippen molar-refractivity contribution in [2.45, 2.75) is 16.8 Å². The normalized spacial score (nSPS) is 12.0. The Hall–Kier alpha value is -3.39. The van der Waals surface area contributed by atoms with Crippen LogP contribution in [0.5, 0.6) is 0 Å². The lowest BCUT2D eigenvalue weighted by Crippen LogP contribution is -2.04. The average molecular weight is 436 g/mol. The van der Waals surface area contributed by atoms with Gasteiger partial charge in [-0.05, 0) is 51.2 Å². The van der Waals surface area contributed by atoms with E-state index in [4.69, 9.17) is 0 Å². The van der Waals surface area contributed by atoms with Crippen LogP contribution >= 0.6 is 11.8 Å². The largest absolute Gasteiger partial charge is 0.416 e. The summed E-state index contributed by atoms with van der Waals surface area (Å²) in [5, 5.41) is 13.6. The van der Waals surface area contributed by atoms with Gasteiger partial charge < -0.3 is 0 Å². The van der Waals surface area contributed by atoms with Crippen molar-refractivity contribution < 1.29 is 13.2 Å². The molecule has 0 N–H and O–H groups in total. The van der Waals surface area contributed by atoms with Gasteiger partial charge in [-0.25, -0.2) is 0 Å². The third kappa shape index (κ3) is 3.86. The summed E-state index contributed by atoms with van der Waals surface area (Å²) in [6, 6.07) is 21.3. The van der Waals surface area contributed by atoms with Crippen molar-refractivity contribution in [3.63, 3.8) is 0 Å². The molecule has 0 aliphatic rings. The fraction of sp³-hybridized carbons (Fsp3) is 0.0870. The lowest BCUT2D eigenvalue weighted by atomic mass is 9.99. The quantitative estimate of drug-likeness (QED) is 0.312. The molecule has 5 rings (SSSR count). The highest BCUT2D eigenvalue weighted by Crippen LogP contribution is 2.36. The van der Waals surface area contributed by atoms with Gasteiger partial charge in [-0.2, -0.15) is 17.7 Å². The van der Waals surface area contributed by atoms with Crippen molar-refractivity contribution in [2.24, 2.45) is 0 Å². The van der Waals surface area contributed by atoms with Crippen molar-refractivity contribution in [1.29, 1.82) is 0 Å². The first-order chi connectivity index (χ1) is 15.0. The summed E-state index contributed by atoms with van der Waals surface area (Å²) in [6.07, 6.45) is -2.62. The number of thioether (sulfide) groups is 1. The van der Waals surface area contributed by atoms with Crippen LogP contribution in [-0.4, -0.2) is 20.0 Å². The van der Waals surface area contributed by atoms with Gasteiger partial charge in [0.25, 0.3) is 0 Å². The number of halogens is 3. The topological polar surface area (TPSA) is 43.1 Å². The highest BCUT2D eigenvalue weighted by Gasteiger charge is 2.30. The van der Waals surface area contributed by atoms with Crippen LogP contribution in [0.3, 0.4) is 0 Å². The number of aromatic nitrogens is 4. The van der Waals surface area contributed by atoms with Crippen LogP contribution in [0, 0.1) is 0 Å². The van der Waals surface area contributed by atoms with E-state index in [0.29, 0.717) is 11.2 Å². The van der Waals surface area contributed by atoms with E-state index in [-0.39, 0.29) is 0 Å². The standard InChI is InChI=1S/C23H15F3N4S/c24-23(25,26)17-8-6-16(7-9-17)21-13-30-22(27-28-29-30)20-12-18(10-11-19(20)21)31-14-15-4-2-1-3-5-15/h1-13H,14H2. The minimum Gasteiger partial charge on any atom is -0.199 e. The molecular weight excluding hydrogens is 421 g/mol. The maximum atomic E-state index is 12.9. The van der Waals surface area contributed by atoms with E-state index in [1.807, 2.05) is 36.4 Å². The smallest absolute Gasteiger partial charge is 0.199 e. The van der Waals surface area contributed by atoms with E-state index < -0.39 is 11.7 Å². The molecule has 5 aromatic rings. The van der Waals surface area contributed by atoms with Crippen LogP contribution in [0.15, 0.2) is 83.9 Å². The second-order valence-electron chi connectivity index (χ2n) is 7.05. The van der Waals surface area contributed by atoms with Crippen LogP contribution in [-0.2, 0) is 11.9 Å². The van der Waals surface area contributed by atoms with Gasteiger partial charge >= 0.3 is 6.18 Å². The SMILES string of the molecule is FC(F)(F)c1ccc(-c2cn3nnnc3c3cc(SCc4ccccc4)ccc23)cc1. The number of pyridine rings is 1. The summed E-state index contributed by atoms with van der Waals surface area (Å²) in [7, 11) is 0. The van der Waals surface area contributed by atoms with E-state index in [1.165, 1.54) is 17.7 Å². The molecule has 2 aromatic heterocycles. The number of nitrogens with zero attached hydrogens (tertiary/aromatic N) is 4. The zero-order chi connectivity index (χ0) is 21.4. The predicted molar refractivity (Wildman–Crippen MR) is 115 cm³/mol. The van der Waals surface area contributed by atoms with Gasteiger partial charge in [-0.3, -0.25) is 0 Å². The molecule has 0 unspecified atom stereocenters. The summed E-state index contributed by atoms with van der Waals surface area (Å²) in [5.41, 5.74) is 2.58. The minimum absolute atomic E-state index is 0.604. The first-order valence-corrected chi connectivity index (χ1v) is 10.5. The van der Waals surface area contributed by atoms with Crippen molar-refractivity contribution in [2.75, 3.05) is 0 Å². The second kappa shape index (κ2) is 7.70. The Kier molecular flexibility index (Phi) is 4.86. The maximum absolute atomic E-state index is 12.9. The minimum atomic E-state index is -4.37. The molecule has 0 spiro atoms. The second-order valence-corrected chi connectivity index (χ2v) is 8.10. The van der Waals surface area contributed by atoms with E-state index >= 15 is 0 Å². The van der Waals surface area contributed by atoms with E-state index in [9.17, 15) is 13.2 Å². The van der Waals surface area contributed by atoms with Gasteiger partial charge in [0.1, 0.15) is 0 Å². The van der Waals surface area contributed by atoms with E-state index in [0.717, 1.165) is 39.1 Å². The predicted octanol–water partition coefficient (Wildman–Crippen LogP) is 6.26. The number of benzene rings is 3. The van der Waals surface area contributed by atoms with E-state index in [1.54, 1.807) is 22.5 Å². The van der Waals surface area contributed by atoms with Crippen LogP contribution in [0.1, 0.15) is 11.1 Å². The Morgan fingerprint density at radius 1 is 0.871 bits per heavy atom. The molecule has 0 radical (unpaired) electrons. The molecular formula is C23H15F3N4S. The number of fused-ring (bicyclic) bond motifs is 3. The summed E-state index contributed by atoms with van der Waals surface area (Å²) < 4.78 is 40.4. The third-order valence-corrected chi connectivity index (χ3v) is 6.10. The van der Waals surface area contributed by atoms with Crippen molar-refractivity contribution >= 4 is 28.2 Å². The molecule has 0 saturated carbocycles. The molecule has 0 amide bonds. The first-order valence-electron chi connectivity index (χ1n) is 9.48. The zero-order valence-corrected chi connectivity index (χ0v) is 16.9. The molecule has 0 atom stereocenters. The number of rotatable bonds is 4. The van der Waals surface area contributed by atoms with Crippen molar-refractivity contribution in [3.8, 4) is 11.1 Å². The molecule has 2 heterocycles. The number of hydrogen-bond donors (Lipinski definition) is 0. The van der Waals surface area contributed by atoms with Crippen LogP contribution in [0.4, 0.5) is 13.2 Å². The highest BCUT2D eigenvalue weighted by molar-refractivity contribution is 7.98. The molecule has 0 bridgehead atoms. The fourth-order valence-electron chi connectivity index (χ4n) is 3.49. The average Bonchev–Trinajstić information content (AvgIpc) is 3.26. The molecule has 31 heavy (non-hydrogen) atoms. The maximum Gasteiger partial charge on any atom is 0.416 e. The molecule has 0 aliphatic heterocycles. The first kappa shape index (κ1) is 19.6. The monoisotopic (exact) mass is 436 g/mol. The lowest BCUT2D eigenvalue weighted by molar-refractivity contribution is -0.137. The Labute approximate surface area is 179 Å². The lowest BCUT2D eigenvalue weighted by Gasteiger charge is -2.11. The van der Waals surface area contributed by atoms with E-state index in [2.05, 4.69) is 27.7 Å². The summed E-state index contributed by atoms with van der Waals surface area (Å²) in [5.74, 6) is 0.826. The fourth-order valence-corrected chi connectivity index (χ4v) is 4.38. The summed E-state index contributed by atoms with van der Waals surface area (Å²) in [4.78, 5) is 1.06. The van der Waals surface area contributed by atoms with Crippen molar-refractivity contribution in [3.05, 3.63) is 90.1 Å². The molecule has 4 nitrogen and oxygen atoms in total. The zero-order valence-electron chi connectivity index (χ0n) is 16.0. The molecule has 0 saturated heterocycles. The number of hydrogen-bond acceptors (Lipinski definition) is 4. The van der Waals surface area contributed by atoms with Gasteiger partial charge in [0.15, 0.2) is 5.65 Å². The molecule has 0 fully saturated rings. The Balaban J connectivity index is 1.57. The van der Waals surface area contributed by atoms with Gasteiger partial charge in [-0.15, -0.1) is 16.9 Å². The van der Waals surface area contributed by atoms with Crippen LogP contribution in [0.2, 0.25) is 0 Å². The summed E-state index contributed by atoms with van der Waals surface area (Å²) >= 11 is 1.70. The van der Waals surface area contributed by atoms with Crippen LogP contribution in [0.25, 0.3) is 27.5 Å².